The monoisotopic (exact) mass is 339 g/mol. The number of hydrazone groups is 1. The van der Waals surface area contributed by atoms with Crippen molar-refractivity contribution in [3.63, 3.8) is 0 Å². The first kappa shape index (κ1) is 15.8. The van der Waals surface area contributed by atoms with Crippen molar-refractivity contribution in [2.75, 3.05) is 5.01 Å². The zero-order chi connectivity index (χ0) is 17.8. The third-order valence-corrected chi connectivity index (χ3v) is 4.12. The highest BCUT2D eigenvalue weighted by atomic mass is 16.3. The van der Waals surface area contributed by atoms with Crippen LogP contribution in [0.4, 0.5) is 11.5 Å². The number of hydrogen-bond acceptors (Lipinski definition) is 4. The lowest BCUT2D eigenvalue weighted by molar-refractivity contribution is 0.475. The minimum absolute atomic E-state index is 0.196. The average Bonchev–Trinajstić information content (AvgIpc) is 2.71. The number of anilines is 2. The van der Waals surface area contributed by atoms with Crippen LogP contribution in [0.25, 0.3) is 10.8 Å². The van der Waals surface area contributed by atoms with E-state index in [9.17, 15) is 5.11 Å². The number of phenols is 1. The van der Waals surface area contributed by atoms with Gasteiger partial charge in [0.2, 0.25) is 0 Å². The van der Waals surface area contributed by atoms with Crippen molar-refractivity contribution in [3.8, 4) is 5.75 Å². The molecule has 4 heteroatoms. The normalized spacial score (nSPS) is 11.1. The van der Waals surface area contributed by atoms with E-state index >= 15 is 0 Å². The highest BCUT2D eigenvalue weighted by Gasteiger charge is 2.10. The lowest BCUT2D eigenvalue weighted by atomic mass is 10.0. The van der Waals surface area contributed by atoms with Gasteiger partial charge in [0.25, 0.3) is 0 Å². The van der Waals surface area contributed by atoms with Gasteiger partial charge in [-0.15, -0.1) is 0 Å². The standard InChI is InChI=1S/C22H17N3O/c26-21-14-13-17-8-4-5-11-19(17)20(21)16-24-25(18-9-2-1-3-10-18)22-12-6-7-15-23-22/h1-16,26H/b24-16+. The SMILES string of the molecule is Oc1ccc2ccccc2c1/C=N/N(c1ccccc1)c1ccccn1. The summed E-state index contributed by atoms with van der Waals surface area (Å²) >= 11 is 0. The van der Waals surface area contributed by atoms with Crippen molar-refractivity contribution in [2.45, 2.75) is 0 Å². The molecule has 0 saturated carbocycles. The second kappa shape index (κ2) is 7.07. The van der Waals surface area contributed by atoms with Gasteiger partial charge in [-0.3, -0.25) is 0 Å². The molecule has 0 radical (unpaired) electrons. The zero-order valence-electron chi connectivity index (χ0n) is 14.0. The van der Waals surface area contributed by atoms with Gasteiger partial charge in [0.05, 0.1) is 11.9 Å². The Labute approximate surface area is 151 Å². The molecule has 26 heavy (non-hydrogen) atoms. The number of rotatable bonds is 4. The topological polar surface area (TPSA) is 48.7 Å². The van der Waals surface area contributed by atoms with E-state index in [4.69, 9.17) is 0 Å². The lowest BCUT2D eigenvalue weighted by Gasteiger charge is -2.18. The Hall–Kier alpha value is -3.66. The first-order chi connectivity index (χ1) is 12.8. The highest BCUT2D eigenvalue weighted by molar-refractivity contribution is 6.02. The summed E-state index contributed by atoms with van der Waals surface area (Å²) in [5.74, 6) is 0.899. The van der Waals surface area contributed by atoms with E-state index < -0.39 is 0 Å². The molecule has 0 atom stereocenters. The smallest absolute Gasteiger partial charge is 0.153 e. The van der Waals surface area contributed by atoms with E-state index in [2.05, 4.69) is 10.1 Å². The highest BCUT2D eigenvalue weighted by Crippen LogP contribution is 2.27. The summed E-state index contributed by atoms with van der Waals surface area (Å²) in [5.41, 5.74) is 1.57. The minimum Gasteiger partial charge on any atom is -0.507 e. The maximum absolute atomic E-state index is 10.3. The average molecular weight is 339 g/mol. The maximum Gasteiger partial charge on any atom is 0.153 e. The molecule has 0 spiro atoms. The molecule has 4 rings (SSSR count). The lowest BCUT2D eigenvalue weighted by Crippen LogP contribution is -2.10. The number of phenolic OH excluding ortho intramolecular Hbond substituents is 1. The molecule has 0 bridgehead atoms. The first-order valence-corrected chi connectivity index (χ1v) is 8.34. The molecule has 0 aliphatic carbocycles. The number of aromatic hydroxyl groups is 1. The number of para-hydroxylation sites is 1. The van der Waals surface area contributed by atoms with Crippen molar-refractivity contribution in [3.05, 3.63) is 96.7 Å². The van der Waals surface area contributed by atoms with Crippen molar-refractivity contribution >= 4 is 28.5 Å². The van der Waals surface area contributed by atoms with Gasteiger partial charge in [-0.1, -0.05) is 54.6 Å². The Morgan fingerprint density at radius 3 is 2.38 bits per heavy atom. The van der Waals surface area contributed by atoms with Crippen LogP contribution in [-0.4, -0.2) is 16.3 Å². The van der Waals surface area contributed by atoms with Crippen LogP contribution in [0.5, 0.6) is 5.75 Å². The Morgan fingerprint density at radius 2 is 1.58 bits per heavy atom. The van der Waals surface area contributed by atoms with Gasteiger partial charge in [-0.2, -0.15) is 5.10 Å². The number of nitrogens with zero attached hydrogens (tertiary/aromatic N) is 3. The summed E-state index contributed by atoms with van der Waals surface area (Å²) in [6.07, 6.45) is 3.41. The molecule has 4 nitrogen and oxygen atoms in total. The van der Waals surface area contributed by atoms with Crippen LogP contribution < -0.4 is 5.01 Å². The van der Waals surface area contributed by atoms with E-state index in [1.54, 1.807) is 23.5 Å². The molecular formula is C22H17N3O. The Morgan fingerprint density at radius 1 is 0.808 bits per heavy atom. The second-order valence-corrected chi connectivity index (χ2v) is 5.80. The van der Waals surface area contributed by atoms with Crippen LogP contribution in [-0.2, 0) is 0 Å². The molecule has 3 aromatic carbocycles. The summed E-state index contributed by atoms with van der Waals surface area (Å²) in [6.45, 7) is 0. The number of benzene rings is 3. The largest absolute Gasteiger partial charge is 0.507 e. The molecule has 0 amide bonds. The third-order valence-electron chi connectivity index (χ3n) is 4.12. The number of fused-ring (bicyclic) bond motifs is 1. The molecule has 1 N–H and O–H groups in total. The van der Waals surface area contributed by atoms with Gasteiger partial charge in [-0.25, -0.2) is 9.99 Å². The molecular weight excluding hydrogens is 322 g/mol. The first-order valence-electron chi connectivity index (χ1n) is 8.34. The molecule has 0 aliphatic rings. The van der Waals surface area contributed by atoms with Crippen LogP contribution in [0.3, 0.4) is 0 Å². The van der Waals surface area contributed by atoms with E-state index in [-0.39, 0.29) is 5.75 Å². The maximum atomic E-state index is 10.3. The Kier molecular flexibility index (Phi) is 4.31. The van der Waals surface area contributed by atoms with Gasteiger partial charge in [0.1, 0.15) is 5.75 Å². The Bertz CT molecular complexity index is 1010. The third kappa shape index (κ3) is 3.13. The fraction of sp³-hybridized carbons (Fsp3) is 0. The van der Waals surface area contributed by atoms with E-state index in [0.717, 1.165) is 16.5 Å². The van der Waals surface area contributed by atoms with Crippen LogP contribution >= 0.6 is 0 Å². The summed E-state index contributed by atoms with van der Waals surface area (Å²) in [6, 6.07) is 27.0. The zero-order valence-corrected chi connectivity index (χ0v) is 14.0. The fourth-order valence-corrected chi connectivity index (χ4v) is 2.84. The molecule has 4 aromatic rings. The molecule has 1 heterocycles. The molecule has 0 fully saturated rings. The van der Waals surface area contributed by atoms with Crippen molar-refractivity contribution in [1.29, 1.82) is 0 Å². The van der Waals surface area contributed by atoms with Gasteiger partial charge in [-0.05, 0) is 41.1 Å². The summed E-state index contributed by atoms with van der Waals surface area (Å²) in [7, 11) is 0. The number of hydrogen-bond donors (Lipinski definition) is 1. The van der Waals surface area contributed by atoms with Gasteiger partial charge in [0, 0.05) is 11.8 Å². The van der Waals surface area contributed by atoms with E-state index in [1.807, 2.05) is 78.9 Å². The minimum atomic E-state index is 0.196. The Balaban J connectivity index is 1.81. The molecule has 126 valence electrons. The van der Waals surface area contributed by atoms with E-state index in [1.165, 1.54) is 0 Å². The van der Waals surface area contributed by atoms with Gasteiger partial charge >= 0.3 is 0 Å². The van der Waals surface area contributed by atoms with Crippen LogP contribution in [0.1, 0.15) is 5.56 Å². The van der Waals surface area contributed by atoms with Crippen LogP contribution in [0.15, 0.2) is 96.2 Å². The number of aromatic nitrogens is 1. The summed E-state index contributed by atoms with van der Waals surface area (Å²) in [4.78, 5) is 4.40. The second-order valence-electron chi connectivity index (χ2n) is 5.80. The van der Waals surface area contributed by atoms with Crippen molar-refractivity contribution in [2.24, 2.45) is 5.10 Å². The van der Waals surface area contributed by atoms with Crippen LogP contribution in [0.2, 0.25) is 0 Å². The number of pyridine rings is 1. The quantitative estimate of drug-likeness (QED) is 0.415. The molecule has 0 aliphatic heterocycles. The van der Waals surface area contributed by atoms with Crippen molar-refractivity contribution < 1.29 is 5.11 Å². The van der Waals surface area contributed by atoms with Gasteiger partial charge < -0.3 is 5.11 Å². The molecule has 0 unspecified atom stereocenters. The van der Waals surface area contributed by atoms with Crippen LogP contribution in [0, 0.1) is 0 Å². The van der Waals surface area contributed by atoms with E-state index in [0.29, 0.717) is 11.4 Å². The molecule has 1 aromatic heterocycles. The predicted molar refractivity (Wildman–Crippen MR) is 106 cm³/mol. The summed E-state index contributed by atoms with van der Waals surface area (Å²) in [5, 5.41) is 18.7. The molecule has 0 saturated heterocycles. The fourth-order valence-electron chi connectivity index (χ4n) is 2.84. The predicted octanol–water partition coefficient (Wildman–Crippen LogP) is 5.11. The summed E-state index contributed by atoms with van der Waals surface area (Å²) < 4.78 is 0. The van der Waals surface area contributed by atoms with Gasteiger partial charge in [0.15, 0.2) is 5.82 Å². The van der Waals surface area contributed by atoms with Crippen molar-refractivity contribution in [1.82, 2.24) is 4.98 Å².